The summed E-state index contributed by atoms with van der Waals surface area (Å²) in [4.78, 5) is 4.55. The van der Waals surface area contributed by atoms with E-state index in [1.54, 1.807) is 7.11 Å². The van der Waals surface area contributed by atoms with Crippen molar-refractivity contribution in [3.63, 3.8) is 0 Å². The number of hydrogen-bond acceptors (Lipinski definition) is 6. The summed E-state index contributed by atoms with van der Waals surface area (Å²) in [5, 5.41) is 4.18. The number of rotatable bonds is 7. The van der Waals surface area contributed by atoms with Crippen molar-refractivity contribution in [2.75, 3.05) is 20.3 Å². The van der Waals surface area contributed by atoms with Crippen LogP contribution in [0.15, 0.2) is 4.52 Å². The van der Waals surface area contributed by atoms with Crippen LogP contribution in [0.2, 0.25) is 0 Å². The second-order valence-electron chi connectivity index (χ2n) is 5.77. The van der Waals surface area contributed by atoms with Crippen molar-refractivity contribution >= 4 is 0 Å². The monoisotopic (exact) mass is 297 g/mol. The molecule has 0 radical (unpaired) electrons. The molecule has 21 heavy (non-hydrogen) atoms. The number of nitrogens with zero attached hydrogens (tertiary/aromatic N) is 2. The van der Waals surface area contributed by atoms with Crippen molar-refractivity contribution in [1.29, 1.82) is 0 Å². The zero-order chi connectivity index (χ0) is 15.1. The fourth-order valence-electron chi connectivity index (χ4n) is 3.03. The molecule has 120 valence electrons. The summed E-state index contributed by atoms with van der Waals surface area (Å²) in [7, 11) is 1.63. The van der Waals surface area contributed by atoms with Crippen LogP contribution in [0.5, 0.6) is 0 Å². The van der Waals surface area contributed by atoms with Gasteiger partial charge in [-0.15, -0.1) is 0 Å². The molecule has 1 heterocycles. The van der Waals surface area contributed by atoms with Crippen molar-refractivity contribution in [2.24, 2.45) is 5.73 Å². The van der Waals surface area contributed by atoms with Crippen LogP contribution in [-0.4, -0.2) is 36.5 Å². The first-order chi connectivity index (χ1) is 10.2. The molecule has 0 amide bonds. The standard InChI is InChI=1S/C15H27N3O3/c1-3-20-15(8-6-4-5-7-9-15)14-17-13(21-18-14)10-12(16)11-19-2/h12H,3-11,16H2,1-2H3. The highest BCUT2D eigenvalue weighted by molar-refractivity contribution is 5.03. The number of nitrogens with two attached hydrogens (primary N) is 1. The molecule has 1 aromatic heterocycles. The molecule has 1 aliphatic carbocycles. The molecule has 6 heteroatoms. The molecule has 0 saturated heterocycles. The van der Waals surface area contributed by atoms with E-state index in [0.717, 1.165) is 25.7 Å². The molecule has 0 spiro atoms. The third kappa shape index (κ3) is 4.25. The third-order valence-corrected chi connectivity index (χ3v) is 4.03. The Morgan fingerprint density at radius 1 is 1.29 bits per heavy atom. The van der Waals surface area contributed by atoms with Crippen LogP contribution in [-0.2, 0) is 21.5 Å². The highest BCUT2D eigenvalue weighted by Crippen LogP contribution is 2.38. The zero-order valence-corrected chi connectivity index (χ0v) is 13.1. The zero-order valence-electron chi connectivity index (χ0n) is 13.1. The molecule has 1 fully saturated rings. The second-order valence-corrected chi connectivity index (χ2v) is 5.77. The van der Waals surface area contributed by atoms with Gasteiger partial charge < -0.3 is 19.7 Å². The van der Waals surface area contributed by atoms with Crippen LogP contribution in [0, 0.1) is 0 Å². The summed E-state index contributed by atoms with van der Waals surface area (Å²) >= 11 is 0. The first-order valence-electron chi connectivity index (χ1n) is 7.91. The fourth-order valence-corrected chi connectivity index (χ4v) is 3.03. The fraction of sp³-hybridized carbons (Fsp3) is 0.867. The molecule has 1 aromatic rings. The average Bonchev–Trinajstić information content (AvgIpc) is 2.79. The van der Waals surface area contributed by atoms with Crippen LogP contribution in [0.1, 0.15) is 57.2 Å². The molecule has 1 unspecified atom stereocenters. The minimum absolute atomic E-state index is 0.125. The minimum Gasteiger partial charge on any atom is -0.383 e. The van der Waals surface area contributed by atoms with Gasteiger partial charge in [0.1, 0.15) is 5.60 Å². The van der Waals surface area contributed by atoms with Crippen LogP contribution in [0.4, 0.5) is 0 Å². The van der Waals surface area contributed by atoms with Gasteiger partial charge in [-0.05, 0) is 19.8 Å². The lowest BCUT2D eigenvalue weighted by Gasteiger charge is -2.29. The lowest BCUT2D eigenvalue weighted by molar-refractivity contribution is -0.0636. The second kappa shape index (κ2) is 7.87. The molecule has 1 saturated carbocycles. The van der Waals surface area contributed by atoms with Crippen molar-refractivity contribution in [3.8, 4) is 0 Å². The van der Waals surface area contributed by atoms with Gasteiger partial charge in [-0.3, -0.25) is 0 Å². The summed E-state index contributed by atoms with van der Waals surface area (Å²) < 4.78 is 16.5. The number of hydrogen-bond donors (Lipinski definition) is 1. The smallest absolute Gasteiger partial charge is 0.228 e. The maximum Gasteiger partial charge on any atom is 0.228 e. The largest absolute Gasteiger partial charge is 0.383 e. The Bertz CT molecular complexity index is 414. The quantitative estimate of drug-likeness (QED) is 0.777. The lowest BCUT2D eigenvalue weighted by atomic mass is 9.93. The minimum atomic E-state index is -0.377. The Morgan fingerprint density at radius 3 is 2.62 bits per heavy atom. The Kier molecular flexibility index (Phi) is 6.14. The van der Waals surface area contributed by atoms with E-state index >= 15 is 0 Å². The van der Waals surface area contributed by atoms with E-state index in [9.17, 15) is 0 Å². The molecular formula is C15H27N3O3. The third-order valence-electron chi connectivity index (χ3n) is 4.03. The molecule has 6 nitrogen and oxygen atoms in total. The predicted molar refractivity (Wildman–Crippen MR) is 78.9 cm³/mol. The van der Waals surface area contributed by atoms with E-state index in [0.29, 0.717) is 31.3 Å². The van der Waals surface area contributed by atoms with Crippen molar-refractivity contribution in [1.82, 2.24) is 10.1 Å². The van der Waals surface area contributed by atoms with E-state index in [1.165, 1.54) is 12.8 Å². The molecular weight excluding hydrogens is 270 g/mol. The molecule has 0 bridgehead atoms. The first kappa shape index (κ1) is 16.4. The van der Waals surface area contributed by atoms with Gasteiger partial charge in [-0.25, -0.2) is 0 Å². The van der Waals surface area contributed by atoms with Gasteiger partial charge in [-0.1, -0.05) is 30.8 Å². The predicted octanol–water partition coefficient (Wildman–Crippen LogP) is 2.17. The summed E-state index contributed by atoms with van der Waals surface area (Å²) in [6.07, 6.45) is 7.24. The normalized spacial score (nSPS) is 20.1. The number of aromatic nitrogens is 2. The van der Waals surface area contributed by atoms with Crippen LogP contribution >= 0.6 is 0 Å². The molecule has 2 rings (SSSR count). The molecule has 1 aliphatic rings. The van der Waals surface area contributed by atoms with Crippen molar-refractivity contribution in [2.45, 2.75) is 63.5 Å². The summed E-state index contributed by atoms with van der Waals surface area (Å²) in [6, 6.07) is -0.125. The van der Waals surface area contributed by atoms with Crippen LogP contribution in [0.25, 0.3) is 0 Å². The maximum absolute atomic E-state index is 6.06. The Hall–Kier alpha value is -0.980. The first-order valence-corrected chi connectivity index (χ1v) is 7.91. The van der Waals surface area contributed by atoms with Gasteiger partial charge in [0, 0.05) is 26.2 Å². The Balaban J connectivity index is 2.11. The Labute approximate surface area is 126 Å². The van der Waals surface area contributed by atoms with Crippen LogP contribution in [0.3, 0.4) is 0 Å². The Morgan fingerprint density at radius 2 is 2.00 bits per heavy atom. The molecule has 0 aliphatic heterocycles. The van der Waals surface area contributed by atoms with E-state index in [1.807, 2.05) is 6.92 Å². The van der Waals surface area contributed by atoms with E-state index in [-0.39, 0.29) is 11.6 Å². The van der Waals surface area contributed by atoms with E-state index in [2.05, 4.69) is 10.1 Å². The van der Waals surface area contributed by atoms with E-state index < -0.39 is 0 Å². The van der Waals surface area contributed by atoms with Gasteiger partial charge >= 0.3 is 0 Å². The number of methoxy groups -OCH3 is 1. The average molecular weight is 297 g/mol. The molecule has 2 N–H and O–H groups in total. The highest BCUT2D eigenvalue weighted by Gasteiger charge is 2.38. The van der Waals surface area contributed by atoms with Gasteiger partial charge in [0.15, 0.2) is 0 Å². The van der Waals surface area contributed by atoms with Gasteiger partial charge in [-0.2, -0.15) is 4.98 Å². The molecule has 0 aromatic carbocycles. The lowest BCUT2D eigenvalue weighted by Crippen LogP contribution is -2.31. The van der Waals surface area contributed by atoms with Gasteiger partial charge in [0.05, 0.1) is 6.61 Å². The summed E-state index contributed by atoms with van der Waals surface area (Å²) in [6.45, 7) is 3.16. The van der Waals surface area contributed by atoms with Crippen LogP contribution < -0.4 is 5.73 Å². The van der Waals surface area contributed by atoms with Crippen molar-refractivity contribution < 1.29 is 14.0 Å². The highest BCUT2D eigenvalue weighted by atomic mass is 16.5. The van der Waals surface area contributed by atoms with Gasteiger partial charge in [0.2, 0.25) is 11.7 Å². The summed E-state index contributed by atoms with van der Waals surface area (Å²) in [5.41, 5.74) is 5.56. The SMILES string of the molecule is CCOC1(c2noc(CC(N)COC)n2)CCCCCC1. The summed E-state index contributed by atoms with van der Waals surface area (Å²) in [5.74, 6) is 1.25. The van der Waals surface area contributed by atoms with E-state index in [4.69, 9.17) is 19.7 Å². The molecule has 1 atom stereocenters. The topological polar surface area (TPSA) is 83.4 Å². The van der Waals surface area contributed by atoms with Gasteiger partial charge in [0.25, 0.3) is 0 Å². The van der Waals surface area contributed by atoms with Crippen molar-refractivity contribution in [3.05, 3.63) is 11.7 Å². The number of ether oxygens (including phenoxy) is 2. The maximum atomic E-state index is 6.06.